The number of benzene rings is 4. The number of hydrogen-bond donors (Lipinski definition) is 0. The van der Waals surface area contributed by atoms with E-state index < -0.39 is 47.5 Å². The fraction of sp³-hybridized carbons (Fsp3) is 0.205. The van der Waals surface area contributed by atoms with E-state index in [9.17, 15) is 24.0 Å². The molecule has 0 bridgehead atoms. The maximum absolute atomic E-state index is 12.6. The second-order valence-electron chi connectivity index (χ2n) is 12.0. The molecule has 2 heterocycles. The highest BCUT2D eigenvalue weighted by molar-refractivity contribution is 6.06. The molecule has 11 nitrogen and oxygen atoms in total. The van der Waals surface area contributed by atoms with Crippen molar-refractivity contribution in [2.24, 2.45) is 11.8 Å². The Morgan fingerprint density at radius 2 is 1.20 bits per heavy atom. The smallest absolute Gasteiger partial charge is 0.321 e. The van der Waals surface area contributed by atoms with E-state index in [2.05, 4.69) is 0 Å². The van der Waals surface area contributed by atoms with Crippen molar-refractivity contribution < 1.29 is 52.4 Å². The number of fused-ring (bicyclic) bond motifs is 3. The van der Waals surface area contributed by atoms with Crippen LogP contribution in [-0.2, 0) is 28.7 Å². The molecule has 11 heteroatoms. The van der Waals surface area contributed by atoms with Crippen molar-refractivity contribution in [2.45, 2.75) is 24.7 Å². The first kappa shape index (κ1) is 32.3. The molecule has 0 N–H and O–H groups in total. The van der Waals surface area contributed by atoms with Gasteiger partial charge in [0.05, 0.1) is 24.2 Å². The van der Waals surface area contributed by atoms with Crippen molar-refractivity contribution in [3.63, 3.8) is 0 Å². The highest BCUT2D eigenvalue weighted by atomic mass is 16.7. The quantitative estimate of drug-likeness (QED) is 0.0594. The van der Waals surface area contributed by atoms with Gasteiger partial charge in [0.2, 0.25) is 13.6 Å². The van der Waals surface area contributed by atoms with Gasteiger partial charge in [-0.1, -0.05) is 54.6 Å². The van der Waals surface area contributed by atoms with Gasteiger partial charge in [0, 0.05) is 5.56 Å². The van der Waals surface area contributed by atoms with Crippen molar-refractivity contribution in [3.8, 4) is 23.0 Å². The molecule has 0 radical (unpaired) electrons. The molecule has 3 aliphatic rings. The molecule has 50 heavy (non-hydrogen) atoms. The van der Waals surface area contributed by atoms with Crippen LogP contribution < -0.4 is 18.9 Å². The van der Waals surface area contributed by atoms with Gasteiger partial charge in [0.25, 0.3) is 0 Å². The van der Waals surface area contributed by atoms with E-state index in [-0.39, 0.29) is 32.2 Å². The first-order chi connectivity index (χ1) is 24.3. The number of hydrogen-bond acceptors (Lipinski definition) is 11. The fourth-order valence-corrected chi connectivity index (χ4v) is 6.45. The summed E-state index contributed by atoms with van der Waals surface area (Å²) in [6.45, 7) is -0.179. The molecule has 4 unspecified atom stereocenters. The van der Waals surface area contributed by atoms with Crippen LogP contribution in [0.2, 0.25) is 0 Å². The zero-order valence-electron chi connectivity index (χ0n) is 26.5. The fourth-order valence-electron chi connectivity index (χ4n) is 6.45. The monoisotopic (exact) mass is 674 g/mol. The van der Waals surface area contributed by atoms with Gasteiger partial charge in [-0.05, 0) is 83.6 Å². The first-order valence-electron chi connectivity index (χ1n) is 15.9. The van der Waals surface area contributed by atoms with Gasteiger partial charge in [0.15, 0.2) is 5.78 Å². The summed E-state index contributed by atoms with van der Waals surface area (Å²) in [6.07, 6.45) is 3.40. The summed E-state index contributed by atoms with van der Waals surface area (Å²) >= 11 is 0. The van der Waals surface area contributed by atoms with Gasteiger partial charge in [-0.3, -0.25) is 24.0 Å². The van der Waals surface area contributed by atoms with Gasteiger partial charge in [-0.15, -0.1) is 0 Å². The Balaban J connectivity index is 0.899. The molecule has 0 aromatic heterocycles. The summed E-state index contributed by atoms with van der Waals surface area (Å²) in [4.78, 5) is 61.5. The van der Waals surface area contributed by atoms with Crippen molar-refractivity contribution in [1.29, 1.82) is 0 Å². The zero-order chi connectivity index (χ0) is 34.6. The van der Waals surface area contributed by atoms with Gasteiger partial charge in [0.1, 0.15) is 23.0 Å². The average Bonchev–Trinajstić information content (AvgIpc) is 3.63. The number of allylic oxidation sites excluding steroid dienone is 1. The molecular weight excluding hydrogens is 644 g/mol. The maximum Gasteiger partial charge on any atom is 0.321 e. The lowest BCUT2D eigenvalue weighted by Crippen LogP contribution is -2.31. The van der Waals surface area contributed by atoms with E-state index in [1.54, 1.807) is 72.8 Å². The Kier molecular flexibility index (Phi) is 9.11. The maximum atomic E-state index is 12.6. The largest absolute Gasteiger partial charge is 0.458 e. The minimum Gasteiger partial charge on any atom is -0.458 e. The van der Waals surface area contributed by atoms with E-state index >= 15 is 0 Å². The molecule has 0 saturated carbocycles. The molecule has 252 valence electrons. The summed E-state index contributed by atoms with van der Waals surface area (Å²) in [6, 6.07) is 28.3. The molecule has 2 saturated heterocycles. The van der Waals surface area contributed by atoms with Crippen LogP contribution in [0, 0.1) is 11.8 Å². The molecule has 0 amide bonds. The molecule has 4 atom stereocenters. The number of ether oxygens (including phenoxy) is 6. The highest BCUT2D eigenvalue weighted by Crippen LogP contribution is 2.51. The Bertz CT molecular complexity index is 1970. The third-order valence-corrected chi connectivity index (χ3v) is 8.94. The number of ketones is 1. The van der Waals surface area contributed by atoms with Gasteiger partial charge in [-0.2, -0.15) is 0 Å². The SMILES string of the molecule is O=C1CC(C2CC3C(=O)OC(=O)C3c3cc(OCOc4ccc(OCOc5ccc(C=CC(=O)c6ccccc6)cc5)cc4)ccc32)C(=O)O1. The topological polar surface area (TPSA) is 141 Å². The number of carbonyl (C=O) groups excluding carboxylic acids is 5. The molecular formula is C39H30O11. The molecule has 7 rings (SSSR count). The Labute approximate surface area is 286 Å². The lowest BCUT2D eigenvalue weighted by atomic mass is 9.67. The van der Waals surface area contributed by atoms with Crippen molar-refractivity contribution in [3.05, 3.63) is 125 Å². The molecule has 2 fully saturated rings. The molecule has 0 spiro atoms. The van der Waals surface area contributed by atoms with Gasteiger partial charge in [-0.25, -0.2) is 0 Å². The van der Waals surface area contributed by atoms with E-state index in [0.29, 0.717) is 39.7 Å². The van der Waals surface area contributed by atoms with Crippen LogP contribution in [0.4, 0.5) is 0 Å². The van der Waals surface area contributed by atoms with Crippen molar-refractivity contribution in [1.82, 2.24) is 0 Å². The molecule has 2 aliphatic heterocycles. The molecule has 1 aliphatic carbocycles. The summed E-state index contributed by atoms with van der Waals surface area (Å²) < 4.78 is 32.6. The van der Waals surface area contributed by atoms with Crippen LogP contribution in [0.3, 0.4) is 0 Å². The van der Waals surface area contributed by atoms with Gasteiger partial charge >= 0.3 is 23.9 Å². The average molecular weight is 675 g/mol. The predicted octanol–water partition coefficient (Wildman–Crippen LogP) is 5.77. The van der Waals surface area contributed by atoms with E-state index in [1.807, 2.05) is 30.3 Å². The standard InChI is InChI=1S/C39H30O11/c40-34(24-4-2-1-3-5-24)17-8-23-6-9-25(10-7-23)45-21-46-26-11-13-27(14-12-26)47-22-48-28-15-16-29-30(32-20-35(41)49-37(32)42)19-33-36(31(29)18-28)39(44)50-38(33)43/h1-18,30,32-33,36H,19-22H2. The van der Waals surface area contributed by atoms with Crippen LogP contribution in [-0.4, -0.2) is 43.2 Å². The third-order valence-electron chi connectivity index (χ3n) is 8.94. The summed E-state index contributed by atoms with van der Waals surface area (Å²) in [5.41, 5.74) is 2.70. The van der Waals surface area contributed by atoms with Crippen LogP contribution in [0.15, 0.2) is 103 Å². The Morgan fingerprint density at radius 3 is 1.82 bits per heavy atom. The van der Waals surface area contributed by atoms with Crippen molar-refractivity contribution >= 4 is 35.7 Å². The van der Waals surface area contributed by atoms with E-state index in [1.165, 1.54) is 6.08 Å². The summed E-state index contributed by atoms with van der Waals surface area (Å²) in [5.74, 6) is -3.32. The zero-order valence-corrected chi connectivity index (χ0v) is 26.5. The van der Waals surface area contributed by atoms with Crippen LogP contribution in [0.1, 0.15) is 51.7 Å². The van der Waals surface area contributed by atoms with Crippen LogP contribution >= 0.6 is 0 Å². The lowest BCUT2D eigenvalue weighted by molar-refractivity contribution is -0.155. The minimum absolute atomic E-state index is 0.0244. The first-order valence-corrected chi connectivity index (χ1v) is 15.9. The third kappa shape index (κ3) is 6.98. The molecule has 4 aromatic carbocycles. The summed E-state index contributed by atoms with van der Waals surface area (Å²) in [7, 11) is 0. The Hall–Kier alpha value is -6.23. The molecule has 4 aromatic rings. The number of esters is 4. The highest BCUT2D eigenvalue weighted by Gasteiger charge is 2.53. The predicted molar refractivity (Wildman–Crippen MR) is 175 cm³/mol. The number of cyclic esters (lactones) is 4. The van der Waals surface area contributed by atoms with Crippen molar-refractivity contribution in [2.75, 3.05) is 13.6 Å². The van der Waals surface area contributed by atoms with Gasteiger partial charge < -0.3 is 28.4 Å². The van der Waals surface area contributed by atoms with Crippen LogP contribution in [0.25, 0.3) is 6.08 Å². The minimum atomic E-state index is -0.818. The lowest BCUT2D eigenvalue weighted by Gasteiger charge is -2.33. The summed E-state index contributed by atoms with van der Waals surface area (Å²) in [5, 5.41) is 0. The Morgan fingerprint density at radius 1 is 0.620 bits per heavy atom. The number of rotatable bonds is 12. The second kappa shape index (κ2) is 14.1. The van der Waals surface area contributed by atoms with Crippen LogP contribution in [0.5, 0.6) is 23.0 Å². The number of carbonyl (C=O) groups is 5. The second-order valence-corrected chi connectivity index (χ2v) is 12.0. The van der Waals surface area contributed by atoms with E-state index in [4.69, 9.17) is 28.4 Å². The normalized spacial score (nSPS) is 20.9. The van der Waals surface area contributed by atoms with E-state index in [0.717, 1.165) is 5.56 Å².